The number of nitrogens with one attached hydrogen (secondary N) is 1. The van der Waals surface area contributed by atoms with Crippen molar-refractivity contribution < 1.29 is 19.1 Å². The fourth-order valence-corrected chi connectivity index (χ4v) is 3.20. The van der Waals surface area contributed by atoms with E-state index < -0.39 is 0 Å². The van der Waals surface area contributed by atoms with Gasteiger partial charge in [0.05, 0.1) is 19.2 Å². The standard InChI is InChI=1S/C20H35N3O4.C4H10.C3H8/c1-6-27-20(26)16(4)10-9-12-22(5)18(24)14-21-19(25)17-11-7-8-13-23(17)15(2)3;1-4(2)3;1-3-2/h10,15,17H,6-9,11-14H2,1-5H3,(H,21,25);4H,1-3H3;3H2,1-2H3/b16-10+;;. The van der Waals surface area contributed by atoms with Gasteiger partial charge in [0.25, 0.3) is 0 Å². The molecule has 0 spiro atoms. The van der Waals surface area contributed by atoms with Crippen molar-refractivity contribution in [3.05, 3.63) is 11.6 Å². The summed E-state index contributed by atoms with van der Waals surface area (Å²) >= 11 is 0. The fourth-order valence-electron chi connectivity index (χ4n) is 3.20. The van der Waals surface area contributed by atoms with Gasteiger partial charge >= 0.3 is 5.97 Å². The van der Waals surface area contributed by atoms with Crippen molar-refractivity contribution in [2.75, 3.05) is 33.3 Å². The zero-order chi connectivity index (χ0) is 26.7. The van der Waals surface area contributed by atoms with E-state index in [1.807, 2.05) is 0 Å². The van der Waals surface area contributed by atoms with Gasteiger partial charge in [-0.25, -0.2) is 4.79 Å². The van der Waals surface area contributed by atoms with Gasteiger partial charge in [0.2, 0.25) is 11.8 Å². The van der Waals surface area contributed by atoms with E-state index in [1.54, 1.807) is 31.9 Å². The highest BCUT2D eigenvalue weighted by molar-refractivity contribution is 5.88. The lowest BCUT2D eigenvalue weighted by Crippen LogP contribution is -2.53. The molecule has 1 unspecified atom stereocenters. The average Bonchev–Trinajstić information content (AvgIpc) is 2.77. The summed E-state index contributed by atoms with van der Waals surface area (Å²) < 4.78 is 4.92. The van der Waals surface area contributed by atoms with E-state index in [-0.39, 0.29) is 30.4 Å². The summed E-state index contributed by atoms with van der Waals surface area (Å²) in [7, 11) is 1.70. The first-order chi connectivity index (χ1) is 15.9. The maximum Gasteiger partial charge on any atom is 0.333 e. The second-order valence-electron chi connectivity index (χ2n) is 9.71. The first-order valence-corrected chi connectivity index (χ1v) is 13.0. The van der Waals surface area contributed by atoms with Crippen LogP contribution in [-0.4, -0.2) is 73.0 Å². The van der Waals surface area contributed by atoms with E-state index in [2.05, 4.69) is 58.7 Å². The minimum atomic E-state index is -0.332. The van der Waals surface area contributed by atoms with Crippen LogP contribution in [0.15, 0.2) is 11.6 Å². The monoisotopic (exact) mass is 483 g/mol. The zero-order valence-corrected chi connectivity index (χ0v) is 23.7. The molecular formula is C27H53N3O4. The van der Waals surface area contributed by atoms with Crippen LogP contribution in [0.2, 0.25) is 0 Å². The lowest BCUT2D eigenvalue weighted by atomic mass is 9.99. The first kappa shape index (κ1) is 34.3. The Morgan fingerprint density at radius 3 is 2.15 bits per heavy atom. The molecule has 1 rings (SSSR count). The summed E-state index contributed by atoms with van der Waals surface area (Å²) in [5, 5.41) is 2.79. The van der Waals surface area contributed by atoms with Crippen LogP contribution < -0.4 is 5.32 Å². The van der Waals surface area contributed by atoms with E-state index in [1.165, 1.54) is 6.42 Å². The molecule has 200 valence electrons. The molecule has 0 aromatic heterocycles. The van der Waals surface area contributed by atoms with Gasteiger partial charge in [-0.2, -0.15) is 0 Å². The topological polar surface area (TPSA) is 79.0 Å². The van der Waals surface area contributed by atoms with Crippen LogP contribution in [0.1, 0.15) is 94.4 Å². The molecule has 0 aromatic rings. The Balaban J connectivity index is 0. The van der Waals surface area contributed by atoms with Crippen LogP contribution >= 0.6 is 0 Å². The molecule has 7 nitrogen and oxygen atoms in total. The number of amides is 2. The molecule has 2 amide bonds. The summed E-state index contributed by atoms with van der Waals surface area (Å²) in [6.07, 6.45) is 6.57. The lowest BCUT2D eigenvalue weighted by molar-refractivity contribution is -0.138. The van der Waals surface area contributed by atoms with E-state index in [4.69, 9.17) is 4.74 Å². The van der Waals surface area contributed by atoms with Crippen molar-refractivity contribution in [3.63, 3.8) is 0 Å². The van der Waals surface area contributed by atoms with Crippen molar-refractivity contribution in [1.82, 2.24) is 15.1 Å². The summed E-state index contributed by atoms with van der Waals surface area (Å²) in [6.45, 7) is 20.1. The van der Waals surface area contributed by atoms with Crippen LogP contribution in [-0.2, 0) is 19.1 Å². The van der Waals surface area contributed by atoms with E-state index in [0.29, 0.717) is 31.2 Å². The Kier molecular flexibility index (Phi) is 20.6. The molecule has 1 atom stereocenters. The summed E-state index contributed by atoms with van der Waals surface area (Å²) in [6, 6.07) is 0.167. The maximum absolute atomic E-state index is 12.5. The van der Waals surface area contributed by atoms with Gasteiger partial charge in [0.1, 0.15) is 0 Å². The van der Waals surface area contributed by atoms with Crippen LogP contribution in [0.5, 0.6) is 0 Å². The maximum atomic E-state index is 12.5. The van der Waals surface area contributed by atoms with Gasteiger partial charge in [-0.05, 0) is 59.4 Å². The highest BCUT2D eigenvalue weighted by Gasteiger charge is 2.30. The minimum absolute atomic E-state index is 0.00165. The van der Waals surface area contributed by atoms with Gasteiger partial charge in [-0.3, -0.25) is 14.5 Å². The number of esters is 1. The molecule has 7 heteroatoms. The Morgan fingerprint density at radius 2 is 1.65 bits per heavy atom. The smallest absolute Gasteiger partial charge is 0.333 e. The van der Waals surface area contributed by atoms with Crippen LogP contribution in [0, 0.1) is 5.92 Å². The summed E-state index contributed by atoms with van der Waals surface area (Å²) in [4.78, 5) is 40.0. The molecule has 0 bridgehead atoms. The third kappa shape index (κ3) is 16.7. The molecule has 1 heterocycles. The van der Waals surface area contributed by atoms with E-state index >= 15 is 0 Å². The van der Waals surface area contributed by atoms with Gasteiger partial charge in [-0.15, -0.1) is 0 Å². The van der Waals surface area contributed by atoms with Gasteiger partial charge < -0.3 is 15.0 Å². The molecule has 34 heavy (non-hydrogen) atoms. The largest absolute Gasteiger partial charge is 0.463 e. The predicted octanol–water partition coefficient (Wildman–Crippen LogP) is 4.80. The molecule has 0 saturated carbocycles. The number of carbonyl (C=O) groups excluding carboxylic acids is 3. The third-order valence-electron chi connectivity index (χ3n) is 4.86. The molecule has 1 N–H and O–H groups in total. The Morgan fingerprint density at radius 1 is 1.09 bits per heavy atom. The number of carbonyl (C=O) groups is 3. The van der Waals surface area contributed by atoms with Crippen molar-refractivity contribution in [1.29, 1.82) is 0 Å². The molecular weight excluding hydrogens is 430 g/mol. The average molecular weight is 484 g/mol. The SMILES string of the molecule is CC(C)C.CCC.CCOC(=O)/C(C)=C/CCN(C)C(=O)CNC(=O)C1CCCCN1C(C)C. The Bertz CT molecular complexity index is 600. The number of nitrogens with zero attached hydrogens (tertiary/aromatic N) is 2. The van der Waals surface area contributed by atoms with Crippen LogP contribution in [0.3, 0.4) is 0 Å². The molecule has 0 aliphatic carbocycles. The van der Waals surface area contributed by atoms with Gasteiger partial charge in [0, 0.05) is 25.2 Å². The van der Waals surface area contributed by atoms with Crippen LogP contribution in [0.4, 0.5) is 0 Å². The second-order valence-corrected chi connectivity index (χ2v) is 9.71. The second kappa shape index (κ2) is 20.5. The number of rotatable bonds is 9. The molecule has 0 aromatic carbocycles. The number of hydrogen-bond donors (Lipinski definition) is 1. The van der Waals surface area contributed by atoms with Gasteiger partial charge in [0.15, 0.2) is 0 Å². The number of likely N-dealkylation sites (tertiary alicyclic amines) is 1. The number of hydrogen-bond acceptors (Lipinski definition) is 5. The third-order valence-corrected chi connectivity index (χ3v) is 4.86. The Hall–Kier alpha value is -1.89. The van der Waals surface area contributed by atoms with Crippen molar-refractivity contribution in [2.45, 2.75) is 107 Å². The Labute approximate surface area is 209 Å². The lowest BCUT2D eigenvalue weighted by Gasteiger charge is -2.37. The number of likely N-dealkylation sites (N-methyl/N-ethyl adjacent to an activating group) is 1. The molecule has 1 saturated heterocycles. The van der Waals surface area contributed by atoms with Crippen molar-refractivity contribution >= 4 is 17.8 Å². The first-order valence-electron chi connectivity index (χ1n) is 13.0. The quantitative estimate of drug-likeness (QED) is 0.376. The van der Waals surface area contributed by atoms with Crippen molar-refractivity contribution in [2.24, 2.45) is 5.92 Å². The molecule has 0 radical (unpaired) electrons. The van der Waals surface area contributed by atoms with E-state index in [0.717, 1.165) is 31.7 Å². The fraction of sp³-hybridized carbons (Fsp3) is 0.815. The normalized spacial score (nSPS) is 16.1. The summed E-state index contributed by atoms with van der Waals surface area (Å²) in [5.74, 6) is 0.293. The van der Waals surface area contributed by atoms with Gasteiger partial charge in [-0.1, -0.05) is 53.5 Å². The van der Waals surface area contributed by atoms with Crippen molar-refractivity contribution in [3.8, 4) is 0 Å². The molecule has 1 aliphatic heterocycles. The zero-order valence-electron chi connectivity index (χ0n) is 23.7. The predicted molar refractivity (Wildman–Crippen MR) is 142 cm³/mol. The number of piperidine rings is 1. The molecule has 1 fully saturated rings. The highest BCUT2D eigenvalue weighted by Crippen LogP contribution is 2.19. The van der Waals surface area contributed by atoms with E-state index in [9.17, 15) is 14.4 Å². The minimum Gasteiger partial charge on any atom is -0.463 e. The number of ether oxygens (including phenoxy) is 1. The molecule has 1 aliphatic rings. The summed E-state index contributed by atoms with van der Waals surface area (Å²) in [5.41, 5.74) is 0.539. The highest BCUT2D eigenvalue weighted by atomic mass is 16.5. The van der Waals surface area contributed by atoms with Crippen LogP contribution in [0.25, 0.3) is 0 Å².